The molecular weight excluding hydrogens is 326 g/mol. The quantitative estimate of drug-likeness (QED) is 0.527. The van der Waals surface area contributed by atoms with Gasteiger partial charge in [-0.2, -0.15) is 0 Å². The number of hydrogen-bond acceptors (Lipinski definition) is 4. The Labute approximate surface area is 150 Å². The zero-order chi connectivity index (χ0) is 17.9. The van der Waals surface area contributed by atoms with Gasteiger partial charge in [0.25, 0.3) is 0 Å². The number of carbonyl (C=O) groups is 1. The fourth-order valence-corrected chi connectivity index (χ4v) is 2.97. The zero-order valence-corrected chi connectivity index (χ0v) is 14.3. The minimum absolute atomic E-state index is 0.183. The number of rotatable bonds is 4. The lowest BCUT2D eigenvalue weighted by Gasteiger charge is -2.07. The predicted octanol–water partition coefficient (Wildman–Crippen LogP) is 3.94. The summed E-state index contributed by atoms with van der Waals surface area (Å²) in [5.74, 6) is -0.277. The van der Waals surface area contributed by atoms with Gasteiger partial charge in [0.05, 0.1) is 18.5 Å². The van der Waals surface area contributed by atoms with E-state index >= 15 is 0 Å². The Kier molecular flexibility index (Phi) is 4.19. The molecule has 5 nitrogen and oxygen atoms in total. The maximum atomic E-state index is 11.6. The lowest BCUT2D eigenvalue weighted by atomic mass is 10.1. The molecule has 0 bridgehead atoms. The van der Waals surface area contributed by atoms with Crippen molar-refractivity contribution in [2.75, 3.05) is 7.11 Å². The monoisotopic (exact) mass is 343 g/mol. The van der Waals surface area contributed by atoms with Crippen LogP contribution in [0.3, 0.4) is 0 Å². The summed E-state index contributed by atoms with van der Waals surface area (Å²) in [6.45, 7) is 0.183. The molecule has 26 heavy (non-hydrogen) atoms. The van der Waals surface area contributed by atoms with Crippen LogP contribution >= 0.6 is 0 Å². The van der Waals surface area contributed by atoms with Crippen molar-refractivity contribution in [1.29, 1.82) is 0 Å². The fraction of sp³-hybridized carbons (Fsp3) is 0.0952. The molecule has 128 valence electrons. The van der Waals surface area contributed by atoms with E-state index in [1.54, 1.807) is 6.33 Å². The number of hydrogen-bond donors (Lipinski definition) is 0. The molecule has 2 aromatic carbocycles. The van der Waals surface area contributed by atoms with E-state index in [1.165, 1.54) is 7.11 Å². The summed E-state index contributed by atoms with van der Waals surface area (Å²) < 4.78 is 6.65. The lowest BCUT2D eigenvalue weighted by molar-refractivity contribution is -0.141. The SMILES string of the molecule is COC(=O)Cn1ccc2ccc(-c3cc(-c4ccccc4)ncn3)cc21. The molecule has 5 heteroatoms. The van der Waals surface area contributed by atoms with Crippen molar-refractivity contribution >= 4 is 16.9 Å². The Morgan fingerprint density at radius 3 is 2.50 bits per heavy atom. The number of benzene rings is 2. The van der Waals surface area contributed by atoms with Gasteiger partial charge < -0.3 is 9.30 Å². The first-order chi connectivity index (χ1) is 12.7. The second-order valence-electron chi connectivity index (χ2n) is 5.95. The van der Waals surface area contributed by atoms with Crippen molar-refractivity contribution in [2.45, 2.75) is 6.54 Å². The average molecular weight is 343 g/mol. The van der Waals surface area contributed by atoms with Crippen LogP contribution in [0.5, 0.6) is 0 Å². The first-order valence-electron chi connectivity index (χ1n) is 8.28. The van der Waals surface area contributed by atoms with Crippen LogP contribution in [0.1, 0.15) is 0 Å². The third kappa shape index (κ3) is 3.07. The summed E-state index contributed by atoms with van der Waals surface area (Å²) in [7, 11) is 1.39. The number of fused-ring (bicyclic) bond motifs is 1. The number of carbonyl (C=O) groups excluding carboxylic acids is 1. The van der Waals surface area contributed by atoms with Crippen LogP contribution in [0.4, 0.5) is 0 Å². The molecule has 0 atom stereocenters. The average Bonchev–Trinajstić information content (AvgIpc) is 3.10. The van der Waals surface area contributed by atoms with Crippen LogP contribution in [-0.4, -0.2) is 27.6 Å². The molecule has 0 amide bonds. The van der Waals surface area contributed by atoms with E-state index in [2.05, 4.69) is 9.97 Å². The van der Waals surface area contributed by atoms with Gasteiger partial charge in [0.1, 0.15) is 12.9 Å². The van der Waals surface area contributed by atoms with Crippen LogP contribution in [0.25, 0.3) is 33.4 Å². The largest absolute Gasteiger partial charge is 0.468 e. The molecule has 2 heterocycles. The highest BCUT2D eigenvalue weighted by atomic mass is 16.5. The summed E-state index contributed by atoms with van der Waals surface area (Å²) in [5, 5.41) is 1.06. The first kappa shape index (κ1) is 16.0. The summed E-state index contributed by atoms with van der Waals surface area (Å²) in [5.41, 5.74) is 4.70. The van der Waals surface area contributed by atoms with Crippen LogP contribution in [-0.2, 0) is 16.1 Å². The van der Waals surface area contributed by atoms with E-state index < -0.39 is 0 Å². The highest BCUT2D eigenvalue weighted by molar-refractivity contribution is 5.86. The van der Waals surface area contributed by atoms with Crippen molar-refractivity contribution in [3.8, 4) is 22.5 Å². The second kappa shape index (κ2) is 6.80. The molecule has 0 saturated carbocycles. The molecule has 0 saturated heterocycles. The second-order valence-corrected chi connectivity index (χ2v) is 5.95. The molecule has 0 aliphatic heterocycles. The van der Waals surface area contributed by atoms with Crippen LogP contribution in [0.2, 0.25) is 0 Å². The molecular formula is C21H17N3O2. The normalized spacial score (nSPS) is 10.8. The summed E-state index contributed by atoms with van der Waals surface area (Å²) in [6.07, 6.45) is 3.47. The Hall–Kier alpha value is -3.47. The third-order valence-electron chi connectivity index (χ3n) is 4.33. The van der Waals surface area contributed by atoms with Gasteiger partial charge in [-0.25, -0.2) is 9.97 Å². The number of nitrogens with zero attached hydrogens (tertiary/aromatic N) is 3. The smallest absolute Gasteiger partial charge is 0.325 e. The summed E-state index contributed by atoms with van der Waals surface area (Å²) in [4.78, 5) is 20.4. The van der Waals surface area contributed by atoms with Gasteiger partial charge in [-0.3, -0.25) is 4.79 Å². The highest BCUT2D eigenvalue weighted by Gasteiger charge is 2.09. The van der Waals surface area contributed by atoms with Gasteiger partial charge in [-0.05, 0) is 23.6 Å². The lowest BCUT2D eigenvalue weighted by Crippen LogP contribution is -2.10. The molecule has 4 rings (SSSR count). The van der Waals surface area contributed by atoms with E-state index in [4.69, 9.17) is 4.74 Å². The van der Waals surface area contributed by atoms with Gasteiger partial charge in [-0.15, -0.1) is 0 Å². The van der Waals surface area contributed by atoms with Crippen LogP contribution in [0.15, 0.2) is 73.2 Å². The first-order valence-corrected chi connectivity index (χ1v) is 8.28. The van der Waals surface area contributed by atoms with E-state index in [0.717, 1.165) is 33.4 Å². The van der Waals surface area contributed by atoms with E-state index in [0.29, 0.717) is 0 Å². The maximum Gasteiger partial charge on any atom is 0.325 e. The standard InChI is InChI=1S/C21H17N3O2/c1-26-21(25)13-24-10-9-16-7-8-17(11-20(16)24)19-12-18(22-14-23-19)15-5-3-2-4-6-15/h2-12,14H,13H2,1H3. The van der Waals surface area contributed by atoms with E-state index in [1.807, 2.05) is 71.4 Å². The Morgan fingerprint density at radius 2 is 1.73 bits per heavy atom. The van der Waals surface area contributed by atoms with Crippen molar-refractivity contribution in [3.63, 3.8) is 0 Å². The minimum atomic E-state index is -0.277. The molecule has 0 aliphatic rings. The zero-order valence-electron chi connectivity index (χ0n) is 14.3. The Morgan fingerprint density at radius 1 is 0.962 bits per heavy atom. The van der Waals surface area contributed by atoms with Crippen molar-refractivity contribution < 1.29 is 9.53 Å². The third-order valence-corrected chi connectivity index (χ3v) is 4.33. The van der Waals surface area contributed by atoms with Crippen LogP contribution < -0.4 is 0 Å². The maximum absolute atomic E-state index is 11.6. The van der Waals surface area contributed by atoms with Gasteiger partial charge in [-0.1, -0.05) is 42.5 Å². The van der Waals surface area contributed by atoms with Crippen molar-refractivity contribution in [3.05, 3.63) is 73.2 Å². The highest BCUT2D eigenvalue weighted by Crippen LogP contribution is 2.26. The fourth-order valence-electron chi connectivity index (χ4n) is 2.97. The number of methoxy groups -OCH3 is 1. The minimum Gasteiger partial charge on any atom is -0.468 e. The van der Waals surface area contributed by atoms with Gasteiger partial charge in [0.2, 0.25) is 0 Å². The predicted molar refractivity (Wildman–Crippen MR) is 100 cm³/mol. The summed E-state index contributed by atoms with van der Waals surface area (Å²) in [6, 6.07) is 20.1. The number of esters is 1. The molecule has 4 aromatic rings. The van der Waals surface area contributed by atoms with E-state index in [-0.39, 0.29) is 12.5 Å². The Bertz CT molecular complexity index is 1070. The molecule has 0 aliphatic carbocycles. The van der Waals surface area contributed by atoms with E-state index in [9.17, 15) is 4.79 Å². The molecule has 2 aromatic heterocycles. The van der Waals surface area contributed by atoms with Gasteiger partial charge >= 0.3 is 5.97 Å². The number of aromatic nitrogens is 3. The molecule has 0 N–H and O–H groups in total. The van der Waals surface area contributed by atoms with Crippen molar-refractivity contribution in [2.24, 2.45) is 0 Å². The summed E-state index contributed by atoms with van der Waals surface area (Å²) >= 11 is 0. The number of ether oxygens (including phenoxy) is 1. The van der Waals surface area contributed by atoms with Crippen LogP contribution in [0, 0.1) is 0 Å². The van der Waals surface area contributed by atoms with Gasteiger partial charge in [0.15, 0.2) is 0 Å². The topological polar surface area (TPSA) is 57.0 Å². The molecule has 0 radical (unpaired) electrons. The molecule has 0 spiro atoms. The molecule has 0 fully saturated rings. The molecule has 0 unspecified atom stereocenters. The van der Waals surface area contributed by atoms with Crippen molar-refractivity contribution in [1.82, 2.24) is 14.5 Å². The Balaban J connectivity index is 1.75. The van der Waals surface area contributed by atoms with Gasteiger partial charge in [0, 0.05) is 22.8 Å².